The lowest BCUT2D eigenvalue weighted by Gasteiger charge is -1.92. The molecule has 6 nitrogen and oxygen atoms in total. The van der Waals surface area contributed by atoms with Crippen LogP contribution in [0.1, 0.15) is 11.1 Å². The molecule has 0 aliphatic rings. The van der Waals surface area contributed by atoms with Crippen molar-refractivity contribution in [1.29, 1.82) is 0 Å². The second kappa shape index (κ2) is 6.75. The van der Waals surface area contributed by atoms with E-state index in [9.17, 15) is 14.4 Å². The molecule has 0 radical (unpaired) electrons. The molecular weight excluding hydrogens is 246 g/mol. The van der Waals surface area contributed by atoms with Crippen LogP contribution in [0.3, 0.4) is 0 Å². The van der Waals surface area contributed by atoms with E-state index in [1.807, 2.05) is 36.4 Å². The maximum Gasteiger partial charge on any atom is 0.330 e. The van der Waals surface area contributed by atoms with E-state index in [2.05, 4.69) is 13.2 Å². The summed E-state index contributed by atoms with van der Waals surface area (Å²) in [6.07, 6.45) is 3.65. The molecule has 1 heterocycles. The van der Waals surface area contributed by atoms with Gasteiger partial charge in [0, 0.05) is 0 Å². The summed E-state index contributed by atoms with van der Waals surface area (Å²) in [6.45, 7) is 7.32. The monoisotopic (exact) mass is 259 g/mol. The van der Waals surface area contributed by atoms with Crippen molar-refractivity contribution in [2.24, 2.45) is 0 Å². The van der Waals surface area contributed by atoms with Gasteiger partial charge in [-0.05, 0) is 11.1 Å². The van der Waals surface area contributed by atoms with E-state index in [1.54, 1.807) is 15.0 Å². The molecule has 19 heavy (non-hydrogen) atoms. The van der Waals surface area contributed by atoms with Crippen LogP contribution in [0.4, 0.5) is 0 Å². The van der Waals surface area contributed by atoms with Crippen LogP contribution < -0.4 is 17.1 Å². The van der Waals surface area contributed by atoms with Crippen LogP contribution in [-0.2, 0) is 0 Å². The Morgan fingerprint density at radius 2 is 0.947 bits per heavy atom. The predicted molar refractivity (Wildman–Crippen MR) is 74.9 cm³/mol. The third-order valence-electron chi connectivity index (χ3n) is 2.09. The molecule has 0 spiro atoms. The topological polar surface area (TPSA) is 98.6 Å². The van der Waals surface area contributed by atoms with Gasteiger partial charge in [0.1, 0.15) is 0 Å². The summed E-state index contributed by atoms with van der Waals surface area (Å²) in [6, 6.07) is 8.07. The van der Waals surface area contributed by atoms with Crippen LogP contribution in [0.5, 0.6) is 0 Å². The Labute approximate surface area is 108 Å². The molecule has 0 saturated carbocycles. The Balaban J connectivity index is 0.000000191. The highest BCUT2D eigenvalue weighted by atomic mass is 16.2. The van der Waals surface area contributed by atoms with Crippen LogP contribution in [-0.4, -0.2) is 15.0 Å². The van der Waals surface area contributed by atoms with Gasteiger partial charge in [-0.25, -0.2) is 14.4 Å². The van der Waals surface area contributed by atoms with Gasteiger partial charge in [-0.2, -0.15) is 0 Å². The lowest BCUT2D eigenvalue weighted by Crippen LogP contribution is -2.34. The number of nitrogens with one attached hydrogen (secondary N) is 3. The molecule has 0 atom stereocenters. The van der Waals surface area contributed by atoms with Gasteiger partial charge in [0.25, 0.3) is 0 Å². The molecule has 2 aromatic rings. The number of aromatic nitrogens is 3. The minimum atomic E-state index is -0.802. The van der Waals surface area contributed by atoms with E-state index in [-0.39, 0.29) is 0 Å². The van der Waals surface area contributed by atoms with Crippen molar-refractivity contribution in [3.8, 4) is 0 Å². The van der Waals surface area contributed by atoms with E-state index in [0.29, 0.717) is 0 Å². The fraction of sp³-hybridized carbons (Fsp3) is 0. The Hall–Kier alpha value is -2.89. The summed E-state index contributed by atoms with van der Waals surface area (Å²) in [7, 11) is 0. The first-order chi connectivity index (χ1) is 9.05. The van der Waals surface area contributed by atoms with Crippen molar-refractivity contribution in [2.75, 3.05) is 0 Å². The standard InChI is InChI=1S/C10H10.C3H3N3O3/c1-3-9-5-7-10(4-2)8-6-9;7-1-4-2(8)6-3(9)5-1/h3-8H,1-2H2;(H3,4,5,6,7,8,9). The van der Waals surface area contributed by atoms with Crippen molar-refractivity contribution < 1.29 is 0 Å². The number of hydrogen-bond donors (Lipinski definition) is 3. The van der Waals surface area contributed by atoms with Gasteiger partial charge in [-0.1, -0.05) is 49.6 Å². The van der Waals surface area contributed by atoms with Gasteiger partial charge in [-0.3, -0.25) is 15.0 Å². The molecular formula is C13H13N3O3. The molecule has 1 aromatic carbocycles. The van der Waals surface area contributed by atoms with Crippen LogP contribution >= 0.6 is 0 Å². The van der Waals surface area contributed by atoms with Crippen molar-refractivity contribution in [1.82, 2.24) is 15.0 Å². The van der Waals surface area contributed by atoms with E-state index in [4.69, 9.17) is 0 Å². The molecule has 0 bridgehead atoms. The highest BCUT2D eigenvalue weighted by molar-refractivity contribution is 5.53. The number of rotatable bonds is 2. The average Bonchev–Trinajstić information content (AvgIpc) is 2.38. The quantitative estimate of drug-likeness (QED) is 0.741. The fourth-order valence-electron chi connectivity index (χ4n) is 1.17. The molecule has 0 fully saturated rings. The molecule has 98 valence electrons. The zero-order valence-electron chi connectivity index (χ0n) is 10.1. The second-order valence-electron chi connectivity index (χ2n) is 3.44. The largest absolute Gasteiger partial charge is 0.330 e. The van der Waals surface area contributed by atoms with E-state index in [0.717, 1.165) is 11.1 Å². The van der Waals surface area contributed by atoms with Gasteiger partial charge in [0.15, 0.2) is 0 Å². The smallest absolute Gasteiger partial charge is 0.259 e. The molecule has 0 saturated heterocycles. The maximum atomic E-state index is 10.2. The van der Waals surface area contributed by atoms with E-state index >= 15 is 0 Å². The molecule has 6 heteroatoms. The van der Waals surface area contributed by atoms with Crippen LogP contribution in [0, 0.1) is 0 Å². The zero-order chi connectivity index (χ0) is 14.3. The van der Waals surface area contributed by atoms with Crippen molar-refractivity contribution in [3.63, 3.8) is 0 Å². The minimum Gasteiger partial charge on any atom is -0.259 e. The molecule has 3 N–H and O–H groups in total. The van der Waals surface area contributed by atoms with Crippen LogP contribution in [0.2, 0.25) is 0 Å². The third kappa shape index (κ3) is 4.86. The third-order valence-corrected chi connectivity index (χ3v) is 2.09. The molecule has 0 aliphatic carbocycles. The number of H-pyrrole nitrogens is 3. The second-order valence-corrected chi connectivity index (χ2v) is 3.44. The molecule has 0 amide bonds. The minimum absolute atomic E-state index is 0.802. The van der Waals surface area contributed by atoms with E-state index in [1.165, 1.54) is 0 Å². The summed E-state index contributed by atoms with van der Waals surface area (Å²) in [5, 5.41) is 0. The highest BCUT2D eigenvalue weighted by Crippen LogP contribution is 2.05. The van der Waals surface area contributed by atoms with Gasteiger partial charge < -0.3 is 0 Å². The van der Waals surface area contributed by atoms with E-state index < -0.39 is 17.1 Å². The van der Waals surface area contributed by atoms with Crippen LogP contribution in [0.25, 0.3) is 12.2 Å². The summed E-state index contributed by atoms with van der Waals surface area (Å²) >= 11 is 0. The number of benzene rings is 1. The van der Waals surface area contributed by atoms with Crippen molar-refractivity contribution in [2.45, 2.75) is 0 Å². The highest BCUT2D eigenvalue weighted by Gasteiger charge is 1.85. The first kappa shape index (κ1) is 14.2. The number of aromatic amines is 3. The Bertz CT molecular complexity index is 615. The summed E-state index contributed by atoms with van der Waals surface area (Å²) in [5.41, 5.74) is -0.118. The first-order valence-corrected chi connectivity index (χ1v) is 5.33. The summed E-state index contributed by atoms with van der Waals surface area (Å²) in [5.74, 6) is 0. The maximum absolute atomic E-state index is 10.2. The van der Waals surface area contributed by atoms with Gasteiger partial charge >= 0.3 is 17.1 Å². The average molecular weight is 259 g/mol. The predicted octanol–water partition coefficient (Wildman–Crippen LogP) is 0.724. The molecule has 1 aromatic heterocycles. The normalized spacial score (nSPS) is 9.05. The Morgan fingerprint density at radius 3 is 1.16 bits per heavy atom. The molecule has 0 unspecified atom stereocenters. The fourth-order valence-corrected chi connectivity index (χ4v) is 1.17. The summed E-state index contributed by atoms with van der Waals surface area (Å²) < 4.78 is 0. The van der Waals surface area contributed by atoms with Gasteiger partial charge in [0.2, 0.25) is 0 Å². The van der Waals surface area contributed by atoms with Crippen molar-refractivity contribution >= 4 is 12.2 Å². The summed E-state index contributed by atoms with van der Waals surface area (Å²) in [4.78, 5) is 35.9. The van der Waals surface area contributed by atoms with Crippen LogP contribution in [0.15, 0.2) is 51.8 Å². The zero-order valence-corrected chi connectivity index (χ0v) is 10.1. The number of hydrogen-bond acceptors (Lipinski definition) is 3. The lowest BCUT2D eigenvalue weighted by molar-refractivity contribution is 0.888. The van der Waals surface area contributed by atoms with Crippen molar-refractivity contribution in [3.05, 3.63) is 80.0 Å². The Kier molecular flexibility index (Phi) is 5.04. The van der Waals surface area contributed by atoms with Gasteiger partial charge in [-0.15, -0.1) is 0 Å². The van der Waals surface area contributed by atoms with Gasteiger partial charge in [0.05, 0.1) is 0 Å². The first-order valence-electron chi connectivity index (χ1n) is 5.33. The molecule has 2 rings (SSSR count). The SMILES string of the molecule is C=Cc1ccc(C=C)cc1.O=c1[nH]c(=O)[nH]c(=O)[nH]1. The lowest BCUT2D eigenvalue weighted by atomic mass is 10.1. The molecule has 0 aliphatic heterocycles. The Morgan fingerprint density at radius 1 is 0.684 bits per heavy atom.